The van der Waals surface area contributed by atoms with Gasteiger partial charge >= 0.3 is 7.69 Å². The van der Waals surface area contributed by atoms with Crippen LogP contribution in [0.25, 0.3) is 38.2 Å². The number of amides is 1. The number of para-hydroxylation sites is 1. The fourth-order valence-electron chi connectivity index (χ4n) is 4.66. The summed E-state index contributed by atoms with van der Waals surface area (Å²) in [5.74, 6) is 0.391. The molecule has 0 unspecified atom stereocenters. The van der Waals surface area contributed by atoms with Crippen molar-refractivity contribution in [2.45, 2.75) is 13.8 Å². The van der Waals surface area contributed by atoms with E-state index in [4.69, 9.17) is 15.8 Å². The lowest BCUT2D eigenvalue weighted by atomic mass is 10.0. The molecule has 3 aromatic heterocycles. The fourth-order valence-corrected chi connectivity index (χ4v) is 5.74. The highest BCUT2D eigenvalue weighted by atomic mass is 32.1. The van der Waals surface area contributed by atoms with Crippen LogP contribution >= 0.6 is 11.3 Å². The van der Waals surface area contributed by atoms with Gasteiger partial charge < -0.3 is 30.6 Å². The molecule has 0 bridgehead atoms. The number of anilines is 2. The first-order chi connectivity index (χ1) is 19.4. The molecule has 0 saturated carbocycles. The molecule has 0 fully saturated rings. The third-order valence-electron chi connectivity index (χ3n) is 6.85. The van der Waals surface area contributed by atoms with Crippen LogP contribution in [-0.2, 0) is 7.05 Å². The van der Waals surface area contributed by atoms with Gasteiger partial charge in [-0.1, -0.05) is 56.3 Å². The predicted octanol–water partition coefficient (Wildman–Crippen LogP) is 5.15. The molecule has 0 saturated heterocycles. The molecular weight excluding hydrogens is 521 g/mol. The molecule has 5 N–H and O–H groups in total. The summed E-state index contributed by atoms with van der Waals surface area (Å²) >= 11 is 1.68. The standard InChI is InChI=1S/C30H31N5OS.BH2O2/c1-4-35(5-2)16-8-10-22-18-32-29(31)27-24(19-37-28(22)27)20-12-14-23(15-13-20)33-30(36)26-17-21-9-6-7-11-25(21)34(26)3;2-1-3/h6-15,17-19H,4-5,16H2,1-3H3,(H2,31,32)(H,33,36);2-3H. The Hall–Kier alpha value is -3.96. The van der Waals surface area contributed by atoms with Crippen LogP contribution in [0.3, 0.4) is 0 Å². The van der Waals surface area contributed by atoms with Gasteiger partial charge in [0.2, 0.25) is 0 Å². The molecule has 1 radical (unpaired) electrons. The number of pyridine rings is 1. The van der Waals surface area contributed by atoms with E-state index in [2.05, 4.69) is 46.6 Å². The monoisotopic (exact) mass is 554 g/mol. The van der Waals surface area contributed by atoms with Crippen LogP contribution < -0.4 is 11.1 Å². The summed E-state index contributed by atoms with van der Waals surface area (Å²) in [5.41, 5.74) is 11.9. The number of benzene rings is 2. The summed E-state index contributed by atoms with van der Waals surface area (Å²) in [5, 5.41) is 21.2. The number of likely N-dealkylation sites (N-methyl/N-ethyl adjacent to an activating group) is 1. The van der Waals surface area contributed by atoms with E-state index in [1.165, 1.54) is 0 Å². The molecule has 3 heterocycles. The lowest BCUT2D eigenvalue weighted by Gasteiger charge is -2.14. The number of thiophene rings is 1. The summed E-state index contributed by atoms with van der Waals surface area (Å²) < 4.78 is 3.05. The maximum absolute atomic E-state index is 13.0. The normalized spacial score (nSPS) is 11.2. The lowest BCUT2D eigenvalue weighted by Crippen LogP contribution is -2.22. The Labute approximate surface area is 238 Å². The highest BCUT2D eigenvalue weighted by Gasteiger charge is 2.15. The number of nitrogens with one attached hydrogen (secondary N) is 1. The van der Waals surface area contributed by atoms with Crippen molar-refractivity contribution in [3.63, 3.8) is 0 Å². The summed E-state index contributed by atoms with van der Waals surface area (Å²) in [6.45, 7) is 7.30. The zero-order chi connectivity index (χ0) is 28.6. The molecule has 8 nitrogen and oxygen atoms in total. The second kappa shape index (κ2) is 13.4. The number of aromatic nitrogens is 2. The maximum Gasteiger partial charge on any atom is 0.482 e. The van der Waals surface area contributed by atoms with E-state index in [1.807, 2.05) is 72.4 Å². The molecule has 5 aromatic rings. The number of hydrogen-bond acceptors (Lipinski definition) is 7. The van der Waals surface area contributed by atoms with Crippen molar-refractivity contribution in [3.8, 4) is 11.1 Å². The fraction of sp³-hybridized carbons (Fsp3) is 0.200. The molecule has 10 heteroatoms. The van der Waals surface area contributed by atoms with Crippen molar-refractivity contribution >= 4 is 63.5 Å². The third-order valence-corrected chi connectivity index (χ3v) is 7.87. The Morgan fingerprint density at radius 2 is 1.85 bits per heavy atom. The van der Waals surface area contributed by atoms with E-state index in [0.717, 1.165) is 63.0 Å². The highest BCUT2D eigenvalue weighted by molar-refractivity contribution is 7.18. The van der Waals surface area contributed by atoms with Crippen LogP contribution in [0.5, 0.6) is 0 Å². The molecule has 205 valence electrons. The quantitative estimate of drug-likeness (QED) is 0.197. The Bertz CT molecular complexity index is 1620. The Morgan fingerprint density at radius 1 is 1.15 bits per heavy atom. The van der Waals surface area contributed by atoms with E-state index >= 15 is 0 Å². The SMILES string of the molecule is CCN(CC)CC=Cc1cnc(N)c2c(-c3ccc(NC(=O)c4cc5ccccc5n4C)cc3)csc12.O[B]O. The minimum Gasteiger partial charge on any atom is -0.429 e. The molecule has 1 amide bonds. The third kappa shape index (κ3) is 6.26. The molecule has 0 aliphatic heterocycles. The van der Waals surface area contributed by atoms with Crippen molar-refractivity contribution in [3.05, 3.63) is 83.5 Å². The number of aryl methyl sites for hydroxylation is 1. The number of hydrogen-bond donors (Lipinski definition) is 4. The van der Waals surface area contributed by atoms with Gasteiger partial charge in [-0.15, -0.1) is 11.3 Å². The summed E-state index contributed by atoms with van der Waals surface area (Å²) in [6, 6.07) is 17.8. The predicted molar refractivity (Wildman–Crippen MR) is 167 cm³/mol. The summed E-state index contributed by atoms with van der Waals surface area (Å²) in [6.07, 6.45) is 6.17. The second-order valence-corrected chi connectivity index (χ2v) is 10.0. The number of nitrogen functional groups attached to an aromatic ring is 1. The average molecular weight is 555 g/mol. The first-order valence-corrected chi connectivity index (χ1v) is 13.9. The average Bonchev–Trinajstić information content (AvgIpc) is 3.56. The number of nitrogens with two attached hydrogens (primary N) is 1. The molecular formula is C30H33BN5O3S. The zero-order valence-electron chi connectivity index (χ0n) is 22.8. The molecule has 0 atom stereocenters. The Morgan fingerprint density at radius 3 is 2.52 bits per heavy atom. The van der Waals surface area contributed by atoms with E-state index in [0.29, 0.717) is 11.5 Å². The number of rotatable bonds is 8. The van der Waals surface area contributed by atoms with Crippen LogP contribution in [0, 0.1) is 0 Å². The largest absolute Gasteiger partial charge is 0.482 e. The Balaban J connectivity index is 0.00000118. The molecule has 0 aliphatic carbocycles. The van der Waals surface area contributed by atoms with Gasteiger partial charge in [-0.2, -0.15) is 0 Å². The van der Waals surface area contributed by atoms with Gasteiger partial charge in [-0.05, 0) is 48.3 Å². The Kier molecular flexibility index (Phi) is 9.73. The molecule has 40 heavy (non-hydrogen) atoms. The van der Waals surface area contributed by atoms with Gasteiger partial charge in [-0.25, -0.2) is 4.98 Å². The van der Waals surface area contributed by atoms with Crippen molar-refractivity contribution in [1.82, 2.24) is 14.5 Å². The van der Waals surface area contributed by atoms with Crippen LogP contribution in [-0.4, -0.2) is 57.7 Å². The topological polar surface area (TPSA) is 117 Å². The number of nitrogens with zero attached hydrogens (tertiary/aromatic N) is 3. The first kappa shape index (κ1) is 29.0. The van der Waals surface area contributed by atoms with Gasteiger partial charge in [0.15, 0.2) is 0 Å². The van der Waals surface area contributed by atoms with Crippen LogP contribution in [0.1, 0.15) is 29.9 Å². The maximum atomic E-state index is 13.0. The van der Waals surface area contributed by atoms with Crippen molar-refractivity contribution in [2.75, 3.05) is 30.7 Å². The summed E-state index contributed by atoms with van der Waals surface area (Å²) in [7, 11) is 1.91. The van der Waals surface area contributed by atoms with Crippen LogP contribution in [0.15, 0.2) is 72.3 Å². The smallest absolute Gasteiger partial charge is 0.429 e. The first-order valence-electron chi connectivity index (χ1n) is 13.0. The van der Waals surface area contributed by atoms with Gasteiger partial charge in [0.1, 0.15) is 11.5 Å². The van der Waals surface area contributed by atoms with Crippen LogP contribution in [0.2, 0.25) is 0 Å². The molecule has 0 spiro atoms. The molecule has 2 aromatic carbocycles. The number of carbonyl (C=O) groups excluding carboxylic acids is 1. The van der Waals surface area contributed by atoms with E-state index < -0.39 is 0 Å². The van der Waals surface area contributed by atoms with Gasteiger partial charge in [0.25, 0.3) is 5.91 Å². The zero-order valence-corrected chi connectivity index (χ0v) is 23.7. The van der Waals surface area contributed by atoms with Gasteiger partial charge in [-0.3, -0.25) is 4.79 Å². The minimum atomic E-state index is -0.137. The number of carbonyl (C=O) groups is 1. The van der Waals surface area contributed by atoms with Crippen molar-refractivity contribution in [2.24, 2.45) is 7.05 Å². The second-order valence-electron chi connectivity index (χ2n) is 9.13. The van der Waals surface area contributed by atoms with Crippen molar-refractivity contribution < 1.29 is 14.8 Å². The molecule has 5 rings (SSSR count). The van der Waals surface area contributed by atoms with E-state index in [1.54, 1.807) is 11.3 Å². The van der Waals surface area contributed by atoms with E-state index in [-0.39, 0.29) is 13.6 Å². The van der Waals surface area contributed by atoms with Crippen LogP contribution in [0.4, 0.5) is 11.5 Å². The lowest BCUT2D eigenvalue weighted by molar-refractivity contribution is 0.101. The summed E-state index contributed by atoms with van der Waals surface area (Å²) in [4.78, 5) is 19.8. The molecule has 0 aliphatic rings. The van der Waals surface area contributed by atoms with E-state index in [9.17, 15) is 4.79 Å². The van der Waals surface area contributed by atoms with Gasteiger partial charge in [0, 0.05) is 57.6 Å². The highest BCUT2D eigenvalue weighted by Crippen LogP contribution is 2.39. The van der Waals surface area contributed by atoms with Gasteiger partial charge in [0.05, 0.1) is 0 Å². The van der Waals surface area contributed by atoms with Crippen molar-refractivity contribution in [1.29, 1.82) is 0 Å². The number of fused-ring (bicyclic) bond motifs is 2. The minimum absolute atomic E-state index is 0.